The molecule has 33 heavy (non-hydrogen) atoms. The highest BCUT2D eigenvalue weighted by molar-refractivity contribution is 8.15. The van der Waals surface area contributed by atoms with Crippen molar-refractivity contribution in [1.82, 2.24) is 19.9 Å². The van der Waals surface area contributed by atoms with Gasteiger partial charge in [-0.2, -0.15) is 4.39 Å². The predicted octanol–water partition coefficient (Wildman–Crippen LogP) is 3.17. The minimum Gasteiger partial charge on any atom is -0.479 e. The summed E-state index contributed by atoms with van der Waals surface area (Å²) in [7, 11) is 0. The van der Waals surface area contributed by atoms with Gasteiger partial charge in [-0.05, 0) is 25.0 Å². The van der Waals surface area contributed by atoms with Crippen molar-refractivity contribution in [3.05, 3.63) is 53.6 Å². The first-order chi connectivity index (χ1) is 15.9. The summed E-state index contributed by atoms with van der Waals surface area (Å²) in [6.45, 7) is 1.39. The van der Waals surface area contributed by atoms with Crippen LogP contribution in [0.15, 0.2) is 35.8 Å². The van der Waals surface area contributed by atoms with Crippen LogP contribution in [-0.4, -0.2) is 43.1 Å². The molecule has 1 saturated carbocycles. The molecule has 0 saturated heterocycles. The lowest BCUT2D eigenvalue weighted by atomic mass is 9.86. The van der Waals surface area contributed by atoms with Crippen LogP contribution in [0.2, 0.25) is 0 Å². The molecule has 1 aliphatic carbocycles. The zero-order valence-corrected chi connectivity index (χ0v) is 18.6. The molecule has 0 unspecified atom stereocenters. The standard InChI is InChI=1S/C23H20F2N6OS/c1-3-4-32-14-7-17-19(27-10-14)16(29-12-30-17)6-13-5-15(20(25)28-9-13)22(2)18-8-23(18,11-24)33-21(26)31-22/h1,5,7,9-10,12,18H,4,6,8,11H2,2H3,(H2,26,31)/t18-,22+,23+/m0/s1. The summed E-state index contributed by atoms with van der Waals surface area (Å²) in [5.74, 6) is 2.13. The maximum absolute atomic E-state index is 14.9. The first-order valence-electron chi connectivity index (χ1n) is 10.3. The number of amidine groups is 1. The molecule has 5 rings (SSSR count). The summed E-state index contributed by atoms with van der Waals surface area (Å²) in [6, 6.07) is 3.45. The molecule has 1 fully saturated rings. The minimum atomic E-state index is -0.982. The Hall–Kier alpha value is -3.32. The Bertz CT molecular complexity index is 1330. The lowest BCUT2D eigenvalue weighted by Gasteiger charge is -2.33. The Morgan fingerprint density at radius 2 is 2.12 bits per heavy atom. The van der Waals surface area contributed by atoms with Gasteiger partial charge in [-0.25, -0.2) is 24.3 Å². The number of hydrogen-bond acceptors (Lipinski definition) is 8. The van der Waals surface area contributed by atoms with Gasteiger partial charge in [0.25, 0.3) is 0 Å². The third kappa shape index (κ3) is 3.66. The molecule has 4 heterocycles. The van der Waals surface area contributed by atoms with Gasteiger partial charge in [0.05, 0.1) is 27.7 Å². The normalized spacial score (nSPS) is 25.8. The maximum Gasteiger partial charge on any atom is 0.218 e. The summed E-state index contributed by atoms with van der Waals surface area (Å²) in [5.41, 5.74) is 7.89. The van der Waals surface area contributed by atoms with Crippen LogP contribution in [0.3, 0.4) is 0 Å². The van der Waals surface area contributed by atoms with E-state index in [1.807, 2.05) is 0 Å². The number of nitrogens with two attached hydrogens (primary N) is 1. The number of aromatic nitrogens is 4. The Kier molecular flexibility index (Phi) is 5.16. The second-order valence-electron chi connectivity index (χ2n) is 8.37. The highest BCUT2D eigenvalue weighted by Gasteiger charge is 2.66. The van der Waals surface area contributed by atoms with Gasteiger partial charge < -0.3 is 10.5 Å². The van der Waals surface area contributed by atoms with E-state index in [-0.39, 0.29) is 17.7 Å². The van der Waals surface area contributed by atoms with E-state index in [2.05, 4.69) is 30.8 Å². The fourth-order valence-electron chi connectivity index (χ4n) is 4.52. The lowest BCUT2D eigenvalue weighted by Crippen LogP contribution is -2.37. The van der Waals surface area contributed by atoms with Crippen LogP contribution in [0, 0.1) is 24.2 Å². The molecule has 0 amide bonds. The Labute approximate surface area is 193 Å². The molecule has 3 aromatic rings. The quantitative estimate of drug-likeness (QED) is 0.440. The smallest absolute Gasteiger partial charge is 0.218 e. The van der Waals surface area contributed by atoms with Gasteiger partial charge >= 0.3 is 0 Å². The molecule has 2 N–H and O–H groups in total. The van der Waals surface area contributed by atoms with E-state index < -0.39 is 22.9 Å². The number of pyridine rings is 2. The molecule has 10 heteroatoms. The van der Waals surface area contributed by atoms with E-state index in [9.17, 15) is 8.78 Å². The zero-order chi connectivity index (χ0) is 23.2. The van der Waals surface area contributed by atoms with E-state index in [4.69, 9.17) is 16.9 Å². The van der Waals surface area contributed by atoms with E-state index in [1.54, 1.807) is 25.3 Å². The third-order valence-electron chi connectivity index (χ3n) is 6.24. The number of rotatable bonds is 6. The van der Waals surface area contributed by atoms with E-state index in [0.717, 1.165) is 5.56 Å². The first-order valence-corrected chi connectivity index (χ1v) is 11.1. The molecular weight excluding hydrogens is 446 g/mol. The Balaban J connectivity index is 1.49. The van der Waals surface area contributed by atoms with Crippen LogP contribution in [0.1, 0.15) is 30.2 Å². The van der Waals surface area contributed by atoms with Crippen LogP contribution in [0.5, 0.6) is 5.75 Å². The Morgan fingerprint density at radius 3 is 2.91 bits per heavy atom. The van der Waals surface area contributed by atoms with Crippen LogP contribution >= 0.6 is 11.8 Å². The van der Waals surface area contributed by atoms with Gasteiger partial charge in [0.2, 0.25) is 5.95 Å². The van der Waals surface area contributed by atoms with Crippen LogP contribution in [0.4, 0.5) is 8.78 Å². The molecule has 1 aliphatic heterocycles. The number of alkyl halides is 1. The average molecular weight is 467 g/mol. The van der Waals surface area contributed by atoms with Crippen molar-refractivity contribution in [3.63, 3.8) is 0 Å². The van der Waals surface area contributed by atoms with Gasteiger partial charge in [-0.1, -0.05) is 17.7 Å². The number of fused-ring (bicyclic) bond motifs is 2. The van der Waals surface area contributed by atoms with Crippen molar-refractivity contribution in [1.29, 1.82) is 0 Å². The molecule has 7 nitrogen and oxygen atoms in total. The Morgan fingerprint density at radius 1 is 1.27 bits per heavy atom. The summed E-state index contributed by atoms with van der Waals surface area (Å²) in [4.78, 5) is 21.6. The SMILES string of the molecule is C#CCOc1cnc2c(Cc3cnc(F)c([C@@]4(C)N=C(N)S[C@@]5(CF)C[C@H]54)c3)ncnc2c1. The summed E-state index contributed by atoms with van der Waals surface area (Å²) in [5, 5.41) is 0.266. The van der Waals surface area contributed by atoms with Crippen molar-refractivity contribution in [2.45, 2.75) is 30.1 Å². The number of thioether (sulfide) groups is 1. The van der Waals surface area contributed by atoms with Gasteiger partial charge in [-0.3, -0.25) is 4.99 Å². The number of halogens is 2. The second-order valence-corrected chi connectivity index (χ2v) is 9.80. The molecule has 168 valence electrons. The van der Waals surface area contributed by atoms with Gasteiger partial charge in [0, 0.05) is 30.2 Å². The molecule has 3 aromatic heterocycles. The number of ether oxygens (including phenoxy) is 1. The molecule has 0 bridgehead atoms. The van der Waals surface area contributed by atoms with Gasteiger partial charge in [0.15, 0.2) is 5.17 Å². The maximum atomic E-state index is 14.9. The van der Waals surface area contributed by atoms with Crippen molar-refractivity contribution in [2.75, 3.05) is 13.3 Å². The monoisotopic (exact) mass is 466 g/mol. The number of nitrogens with zero attached hydrogens (tertiary/aromatic N) is 5. The van der Waals surface area contributed by atoms with E-state index in [1.165, 1.54) is 24.3 Å². The van der Waals surface area contributed by atoms with Gasteiger partial charge in [-0.15, -0.1) is 6.42 Å². The lowest BCUT2D eigenvalue weighted by molar-refractivity contribution is 0.359. The highest BCUT2D eigenvalue weighted by Crippen LogP contribution is 2.65. The molecular formula is C23H20F2N6OS. The van der Waals surface area contributed by atoms with Crippen LogP contribution in [-0.2, 0) is 12.0 Å². The van der Waals surface area contributed by atoms with Crippen molar-refractivity contribution in [2.24, 2.45) is 16.6 Å². The minimum absolute atomic E-state index is 0.129. The fourth-order valence-corrected chi connectivity index (χ4v) is 5.85. The molecule has 3 atom stereocenters. The van der Waals surface area contributed by atoms with E-state index in [0.29, 0.717) is 40.9 Å². The predicted molar refractivity (Wildman–Crippen MR) is 122 cm³/mol. The second kappa shape index (κ2) is 7.92. The molecule has 0 radical (unpaired) electrons. The largest absolute Gasteiger partial charge is 0.479 e. The van der Waals surface area contributed by atoms with Crippen LogP contribution < -0.4 is 10.5 Å². The van der Waals surface area contributed by atoms with Crippen molar-refractivity contribution < 1.29 is 13.5 Å². The summed E-state index contributed by atoms with van der Waals surface area (Å²) < 4.78 is 33.4. The number of hydrogen-bond donors (Lipinski definition) is 1. The highest BCUT2D eigenvalue weighted by atomic mass is 32.2. The molecule has 0 aromatic carbocycles. The molecule has 2 aliphatic rings. The topological polar surface area (TPSA) is 99.2 Å². The number of terminal acetylenes is 1. The third-order valence-corrected chi connectivity index (χ3v) is 7.51. The van der Waals surface area contributed by atoms with E-state index >= 15 is 0 Å². The summed E-state index contributed by atoms with van der Waals surface area (Å²) >= 11 is 1.24. The van der Waals surface area contributed by atoms with Crippen LogP contribution in [0.25, 0.3) is 11.0 Å². The average Bonchev–Trinajstić information content (AvgIpc) is 3.55. The molecule has 0 spiro atoms. The van der Waals surface area contributed by atoms with Crippen molar-refractivity contribution >= 4 is 28.0 Å². The fraction of sp³-hybridized carbons (Fsp3) is 0.348. The summed E-state index contributed by atoms with van der Waals surface area (Å²) in [6.07, 6.45) is 10.6. The zero-order valence-electron chi connectivity index (χ0n) is 17.8. The van der Waals surface area contributed by atoms with Crippen molar-refractivity contribution in [3.8, 4) is 18.1 Å². The first kappa shape index (κ1) is 21.5. The van der Waals surface area contributed by atoms with Gasteiger partial charge in [0.1, 0.15) is 30.9 Å². The number of aliphatic imine (C=N–C) groups is 1.